The van der Waals surface area contributed by atoms with Gasteiger partial charge in [0.1, 0.15) is 4.83 Å². The fourth-order valence-corrected chi connectivity index (χ4v) is 2.61. The van der Waals surface area contributed by atoms with Gasteiger partial charge in [-0.25, -0.2) is 4.98 Å². The van der Waals surface area contributed by atoms with E-state index in [9.17, 15) is 0 Å². The zero-order chi connectivity index (χ0) is 13.3. The summed E-state index contributed by atoms with van der Waals surface area (Å²) in [5.74, 6) is 3.02. The van der Waals surface area contributed by atoms with Crippen LogP contribution in [0.1, 0.15) is 25.6 Å². The number of hydrogen-bond donors (Lipinski definition) is 0. The fraction of sp³-hybridized carbons (Fsp3) is 0.385. The predicted octanol–water partition coefficient (Wildman–Crippen LogP) is 3.70. The van der Waals surface area contributed by atoms with Gasteiger partial charge in [-0.3, -0.25) is 0 Å². The van der Waals surface area contributed by atoms with Crippen LogP contribution in [-0.2, 0) is 6.42 Å². The van der Waals surface area contributed by atoms with Crippen molar-refractivity contribution in [3.05, 3.63) is 16.2 Å². The molecule has 0 N–H and O–H groups in total. The van der Waals surface area contributed by atoms with Crippen molar-refractivity contribution in [1.29, 1.82) is 0 Å². The summed E-state index contributed by atoms with van der Waals surface area (Å²) in [6.45, 7) is 5.70. The molecule has 0 bridgehead atoms. The summed E-state index contributed by atoms with van der Waals surface area (Å²) in [6.07, 6.45) is 6.36. The summed E-state index contributed by atoms with van der Waals surface area (Å²) in [5, 5.41) is 1.04. The second-order valence-electron chi connectivity index (χ2n) is 4.34. The van der Waals surface area contributed by atoms with Crippen LogP contribution >= 0.6 is 22.9 Å². The van der Waals surface area contributed by atoms with Crippen LogP contribution in [0.25, 0.3) is 10.2 Å². The van der Waals surface area contributed by atoms with Crippen molar-refractivity contribution in [2.75, 3.05) is 0 Å². The van der Waals surface area contributed by atoms with Crippen LogP contribution < -0.4 is 4.74 Å². The van der Waals surface area contributed by atoms with Crippen molar-refractivity contribution in [2.24, 2.45) is 0 Å². The van der Waals surface area contributed by atoms with E-state index in [4.69, 9.17) is 22.8 Å². The Morgan fingerprint density at radius 3 is 2.83 bits per heavy atom. The smallest absolute Gasteiger partial charge is 0.228 e. The molecule has 0 saturated heterocycles. The number of nitrogens with zero attached hydrogens (tertiary/aromatic N) is 2. The lowest BCUT2D eigenvalue weighted by Crippen LogP contribution is -2.26. The molecule has 0 unspecified atom stereocenters. The van der Waals surface area contributed by atoms with E-state index in [2.05, 4.69) is 22.8 Å². The summed E-state index contributed by atoms with van der Waals surface area (Å²) in [7, 11) is 0. The van der Waals surface area contributed by atoms with Crippen molar-refractivity contribution >= 4 is 33.2 Å². The predicted molar refractivity (Wildman–Crippen MR) is 75.3 cm³/mol. The molecule has 0 amide bonds. The van der Waals surface area contributed by atoms with Crippen LogP contribution in [-0.4, -0.2) is 15.6 Å². The number of hydrogen-bond acceptors (Lipinski definition) is 4. The molecular weight excluding hydrogens is 268 g/mol. The molecule has 2 aromatic rings. The van der Waals surface area contributed by atoms with E-state index in [1.165, 1.54) is 4.88 Å². The highest BCUT2D eigenvalue weighted by atomic mass is 35.5. The number of thiophene rings is 1. The lowest BCUT2D eigenvalue weighted by Gasteiger charge is -2.19. The minimum Gasteiger partial charge on any atom is -0.458 e. The third-order valence-corrected chi connectivity index (χ3v) is 3.77. The average molecular weight is 281 g/mol. The summed E-state index contributed by atoms with van der Waals surface area (Å²) < 4.78 is 5.74. The van der Waals surface area contributed by atoms with E-state index in [0.717, 1.165) is 16.6 Å². The van der Waals surface area contributed by atoms with Gasteiger partial charge in [0, 0.05) is 4.88 Å². The normalized spacial score (nSPS) is 11.5. The Bertz CT molecular complexity index is 628. The molecule has 5 heteroatoms. The number of aromatic nitrogens is 2. The van der Waals surface area contributed by atoms with E-state index in [1.807, 2.05) is 19.9 Å². The lowest BCUT2D eigenvalue weighted by atomic mass is 10.1. The van der Waals surface area contributed by atoms with Crippen molar-refractivity contribution in [3.63, 3.8) is 0 Å². The molecule has 0 spiro atoms. The van der Waals surface area contributed by atoms with Crippen LogP contribution in [0.2, 0.25) is 5.28 Å². The molecule has 18 heavy (non-hydrogen) atoms. The first-order chi connectivity index (χ1) is 8.45. The highest BCUT2D eigenvalue weighted by Gasteiger charge is 2.20. The molecule has 0 atom stereocenters. The van der Waals surface area contributed by atoms with Gasteiger partial charge in [0.05, 0.1) is 5.39 Å². The first kappa shape index (κ1) is 13.1. The molecule has 0 aromatic carbocycles. The van der Waals surface area contributed by atoms with Gasteiger partial charge in [0.15, 0.2) is 5.60 Å². The number of aryl methyl sites for hydroxylation is 1. The highest BCUT2D eigenvalue weighted by Crippen LogP contribution is 2.33. The standard InChI is InChI=1S/C13H13ClN2OS/c1-5-8-7-9-10(17-13(3,4)6-2)15-12(14)16-11(9)18-8/h2,7H,5H2,1,3-4H3. The van der Waals surface area contributed by atoms with Gasteiger partial charge in [-0.2, -0.15) is 4.98 Å². The molecule has 94 valence electrons. The van der Waals surface area contributed by atoms with Crippen LogP contribution in [0.4, 0.5) is 0 Å². The van der Waals surface area contributed by atoms with Gasteiger partial charge in [-0.15, -0.1) is 17.8 Å². The monoisotopic (exact) mass is 280 g/mol. The zero-order valence-corrected chi connectivity index (χ0v) is 12.0. The minimum absolute atomic E-state index is 0.176. The van der Waals surface area contributed by atoms with E-state index in [0.29, 0.717) is 5.88 Å². The Morgan fingerprint density at radius 2 is 2.22 bits per heavy atom. The molecular formula is C13H13ClN2OS. The number of terminal acetylenes is 1. The Morgan fingerprint density at radius 1 is 1.50 bits per heavy atom. The van der Waals surface area contributed by atoms with Crippen LogP contribution in [0.15, 0.2) is 6.07 Å². The van der Waals surface area contributed by atoms with Gasteiger partial charge >= 0.3 is 0 Å². The maximum atomic E-state index is 5.90. The van der Waals surface area contributed by atoms with Gasteiger partial charge in [-0.05, 0) is 37.9 Å². The van der Waals surface area contributed by atoms with Gasteiger partial charge in [0.2, 0.25) is 11.2 Å². The maximum absolute atomic E-state index is 5.90. The Kier molecular flexibility index (Phi) is 3.47. The number of fused-ring (bicyclic) bond motifs is 1. The topological polar surface area (TPSA) is 35.0 Å². The molecule has 0 aliphatic carbocycles. The first-order valence-electron chi connectivity index (χ1n) is 5.58. The number of rotatable bonds is 3. The molecule has 0 radical (unpaired) electrons. The van der Waals surface area contributed by atoms with Crippen molar-refractivity contribution in [1.82, 2.24) is 9.97 Å². The molecule has 2 aromatic heterocycles. The minimum atomic E-state index is -0.723. The fourth-order valence-electron chi connectivity index (χ4n) is 1.44. The second kappa shape index (κ2) is 4.75. The van der Waals surface area contributed by atoms with Gasteiger partial charge in [0.25, 0.3) is 0 Å². The zero-order valence-electron chi connectivity index (χ0n) is 10.5. The first-order valence-corrected chi connectivity index (χ1v) is 6.77. The summed E-state index contributed by atoms with van der Waals surface area (Å²) in [4.78, 5) is 10.4. The van der Waals surface area contributed by atoms with Gasteiger partial charge < -0.3 is 4.74 Å². The third kappa shape index (κ3) is 2.58. The lowest BCUT2D eigenvalue weighted by molar-refractivity contribution is 0.167. The van der Waals surface area contributed by atoms with Crippen molar-refractivity contribution in [3.8, 4) is 18.2 Å². The molecule has 2 heterocycles. The maximum Gasteiger partial charge on any atom is 0.228 e. The van der Waals surface area contributed by atoms with Crippen LogP contribution in [0.5, 0.6) is 5.88 Å². The second-order valence-corrected chi connectivity index (χ2v) is 5.79. The van der Waals surface area contributed by atoms with E-state index >= 15 is 0 Å². The summed E-state index contributed by atoms with van der Waals surface area (Å²) in [5.41, 5.74) is -0.723. The molecule has 3 nitrogen and oxygen atoms in total. The van der Waals surface area contributed by atoms with Gasteiger partial charge in [-0.1, -0.05) is 12.8 Å². The molecule has 0 aliphatic rings. The number of ether oxygens (including phenoxy) is 1. The Hall–Kier alpha value is -1.31. The summed E-state index contributed by atoms with van der Waals surface area (Å²) in [6, 6.07) is 2.03. The molecule has 2 rings (SSSR count). The quantitative estimate of drug-likeness (QED) is 0.635. The van der Waals surface area contributed by atoms with E-state index in [-0.39, 0.29) is 5.28 Å². The largest absolute Gasteiger partial charge is 0.458 e. The van der Waals surface area contributed by atoms with E-state index in [1.54, 1.807) is 11.3 Å². The summed E-state index contributed by atoms with van der Waals surface area (Å²) >= 11 is 7.49. The molecule has 0 aliphatic heterocycles. The molecule has 0 saturated carbocycles. The van der Waals surface area contributed by atoms with Crippen molar-refractivity contribution < 1.29 is 4.74 Å². The van der Waals surface area contributed by atoms with E-state index < -0.39 is 5.60 Å². The Labute approximate surface area is 115 Å². The van der Waals surface area contributed by atoms with Crippen molar-refractivity contribution in [2.45, 2.75) is 32.8 Å². The van der Waals surface area contributed by atoms with Crippen LogP contribution in [0.3, 0.4) is 0 Å². The third-order valence-electron chi connectivity index (χ3n) is 2.43. The van der Waals surface area contributed by atoms with Crippen LogP contribution in [0, 0.1) is 12.3 Å². The number of halogens is 1. The highest BCUT2D eigenvalue weighted by molar-refractivity contribution is 7.18. The SMILES string of the molecule is C#CC(C)(C)Oc1nc(Cl)nc2sc(CC)cc12. The average Bonchev–Trinajstić information content (AvgIpc) is 2.71. The Balaban J connectivity index is 2.55. The molecule has 0 fully saturated rings.